The van der Waals surface area contributed by atoms with Gasteiger partial charge >= 0.3 is 5.97 Å². The van der Waals surface area contributed by atoms with Gasteiger partial charge in [0.05, 0.1) is 10.5 Å². The first-order valence-corrected chi connectivity index (χ1v) is 11.2. The van der Waals surface area contributed by atoms with Gasteiger partial charge in [0.25, 0.3) is 0 Å². The van der Waals surface area contributed by atoms with Gasteiger partial charge in [0.1, 0.15) is 5.69 Å². The Morgan fingerprint density at radius 1 is 1.00 bits per heavy atom. The number of fused-ring (bicyclic) bond motifs is 1. The standard InChI is InChI=1S/C26H24Cl2N2O2/c1-16(2)19-8-6-17(7-9-19)14-29-23-11-10-22(28)25-21(23)13-24(26(31)32)30(25)15-18-4-3-5-20(27)12-18/h3-13,16,29H,14-15H2,1-2H3,(H,31,32). The van der Waals surface area contributed by atoms with Gasteiger partial charge in [-0.05, 0) is 52.9 Å². The van der Waals surface area contributed by atoms with E-state index in [-0.39, 0.29) is 5.69 Å². The Morgan fingerprint density at radius 3 is 2.41 bits per heavy atom. The van der Waals surface area contributed by atoms with Crippen LogP contribution in [0.4, 0.5) is 5.69 Å². The molecule has 0 saturated heterocycles. The summed E-state index contributed by atoms with van der Waals surface area (Å²) in [5.41, 5.74) is 5.05. The van der Waals surface area contributed by atoms with Crippen molar-refractivity contribution in [1.29, 1.82) is 0 Å². The first kappa shape index (κ1) is 22.3. The lowest BCUT2D eigenvalue weighted by atomic mass is 10.0. The second-order valence-electron chi connectivity index (χ2n) is 8.16. The Morgan fingerprint density at radius 2 is 1.75 bits per heavy atom. The molecule has 0 unspecified atom stereocenters. The molecule has 0 spiro atoms. The van der Waals surface area contributed by atoms with Gasteiger partial charge in [-0.15, -0.1) is 0 Å². The SMILES string of the molecule is CC(C)c1ccc(CNc2ccc(Cl)c3c2cc(C(=O)O)n3Cc2cccc(Cl)c2)cc1. The van der Waals surface area contributed by atoms with Crippen LogP contribution in [-0.4, -0.2) is 15.6 Å². The third kappa shape index (κ3) is 4.62. The van der Waals surface area contributed by atoms with E-state index < -0.39 is 5.97 Å². The number of nitrogens with zero attached hydrogens (tertiary/aromatic N) is 1. The van der Waals surface area contributed by atoms with Crippen LogP contribution in [0.2, 0.25) is 10.0 Å². The monoisotopic (exact) mass is 466 g/mol. The molecule has 0 atom stereocenters. The number of carboxylic acids is 1. The average molecular weight is 467 g/mol. The molecule has 1 aromatic heterocycles. The molecule has 0 aliphatic heterocycles. The van der Waals surface area contributed by atoms with Crippen LogP contribution >= 0.6 is 23.2 Å². The van der Waals surface area contributed by atoms with Gasteiger partial charge in [-0.25, -0.2) is 4.79 Å². The fourth-order valence-corrected chi connectivity index (χ4v) is 4.35. The fourth-order valence-electron chi connectivity index (χ4n) is 3.87. The third-order valence-electron chi connectivity index (χ3n) is 5.59. The molecule has 0 bridgehead atoms. The molecule has 6 heteroatoms. The number of nitrogens with one attached hydrogen (secondary N) is 1. The lowest BCUT2D eigenvalue weighted by Gasteiger charge is -2.13. The van der Waals surface area contributed by atoms with Gasteiger partial charge in [-0.1, -0.05) is 73.4 Å². The summed E-state index contributed by atoms with van der Waals surface area (Å²) < 4.78 is 1.73. The van der Waals surface area contributed by atoms with E-state index in [1.165, 1.54) is 5.56 Å². The van der Waals surface area contributed by atoms with Crippen LogP contribution in [0.3, 0.4) is 0 Å². The van der Waals surface area contributed by atoms with Gasteiger partial charge in [0.15, 0.2) is 0 Å². The number of hydrogen-bond acceptors (Lipinski definition) is 2. The minimum Gasteiger partial charge on any atom is -0.477 e. The minimum atomic E-state index is -1.01. The molecule has 0 radical (unpaired) electrons. The molecule has 2 N–H and O–H groups in total. The first-order valence-electron chi connectivity index (χ1n) is 10.5. The smallest absolute Gasteiger partial charge is 0.352 e. The summed E-state index contributed by atoms with van der Waals surface area (Å²) in [5.74, 6) is -0.517. The molecular formula is C26H24Cl2N2O2. The van der Waals surface area contributed by atoms with Gasteiger partial charge in [0.2, 0.25) is 0 Å². The normalized spacial score (nSPS) is 11.3. The predicted molar refractivity (Wildman–Crippen MR) is 132 cm³/mol. The van der Waals surface area contributed by atoms with Crippen molar-refractivity contribution in [3.05, 3.63) is 99.2 Å². The number of anilines is 1. The third-order valence-corrected chi connectivity index (χ3v) is 6.13. The molecule has 164 valence electrons. The molecule has 0 saturated carbocycles. The quantitative estimate of drug-likeness (QED) is 0.297. The summed E-state index contributed by atoms with van der Waals surface area (Å²) in [6, 6.07) is 21.3. The van der Waals surface area contributed by atoms with Gasteiger partial charge < -0.3 is 15.0 Å². The largest absolute Gasteiger partial charge is 0.477 e. The molecule has 0 aliphatic rings. The topological polar surface area (TPSA) is 54.3 Å². The van der Waals surface area contributed by atoms with Crippen LogP contribution < -0.4 is 5.32 Å². The molecular weight excluding hydrogens is 443 g/mol. The summed E-state index contributed by atoms with van der Waals surface area (Å²) in [7, 11) is 0. The Bertz CT molecular complexity index is 1280. The van der Waals surface area contributed by atoms with Crippen molar-refractivity contribution in [2.45, 2.75) is 32.9 Å². The van der Waals surface area contributed by atoms with E-state index in [4.69, 9.17) is 23.2 Å². The zero-order valence-corrected chi connectivity index (χ0v) is 19.4. The second-order valence-corrected chi connectivity index (χ2v) is 9.00. The maximum atomic E-state index is 12.0. The summed E-state index contributed by atoms with van der Waals surface area (Å²) in [5, 5.41) is 15.2. The van der Waals surface area contributed by atoms with E-state index in [0.29, 0.717) is 34.6 Å². The van der Waals surface area contributed by atoms with Gasteiger partial charge in [-0.2, -0.15) is 0 Å². The molecule has 4 aromatic rings. The maximum Gasteiger partial charge on any atom is 0.352 e. The Labute approximate surface area is 197 Å². The number of carboxylic acid groups (broad SMARTS) is 1. The lowest BCUT2D eigenvalue weighted by Crippen LogP contribution is -2.09. The Hall–Kier alpha value is -2.95. The Balaban J connectivity index is 1.70. The molecule has 0 amide bonds. The van der Waals surface area contributed by atoms with Crippen LogP contribution in [0, 0.1) is 0 Å². The highest BCUT2D eigenvalue weighted by Crippen LogP contribution is 2.34. The van der Waals surface area contributed by atoms with Crippen molar-refractivity contribution in [3.63, 3.8) is 0 Å². The molecule has 4 rings (SSSR count). The Kier molecular flexibility index (Phi) is 6.45. The zero-order valence-electron chi connectivity index (χ0n) is 17.9. The molecule has 32 heavy (non-hydrogen) atoms. The highest BCUT2D eigenvalue weighted by Gasteiger charge is 2.19. The van der Waals surface area contributed by atoms with Gasteiger partial charge in [0, 0.05) is 29.2 Å². The second kappa shape index (κ2) is 9.27. The number of benzene rings is 3. The summed E-state index contributed by atoms with van der Waals surface area (Å²) in [4.78, 5) is 12.0. The number of aromatic nitrogens is 1. The summed E-state index contributed by atoms with van der Waals surface area (Å²) >= 11 is 12.7. The van der Waals surface area contributed by atoms with Gasteiger partial charge in [-0.3, -0.25) is 0 Å². The number of halogens is 2. The predicted octanol–water partition coefficient (Wildman–Crippen LogP) is 7.43. The van der Waals surface area contributed by atoms with E-state index in [2.05, 4.69) is 43.4 Å². The van der Waals surface area contributed by atoms with Crippen LogP contribution in [0.5, 0.6) is 0 Å². The van der Waals surface area contributed by atoms with Crippen molar-refractivity contribution in [1.82, 2.24) is 4.57 Å². The van der Waals surface area contributed by atoms with Crippen molar-refractivity contribution in [2.24, 2.45) is 0 Å². The van der Waals surface area contributed by atoms with Crippen molar-refractivity contribution in [3.8, 4) is 0 Å². The number of carbonyl (C=O) groups is 1. The fraction of sp³-hybridized carbons (Fsp3) is 0.192. The molecule has 0 aliphatic carbocycles. The van der Waals surface area contributed by atoms with E-state index >= 15 is 0 Å². The van der Waals surface area contributed by atoms with E-state index in [1.54, 1.807) is 22.8 Å². The summed E-state index contributed by atoms with van der Waals surface area (Å²) in [6.45, 7) is 5.32. The summed E-state index contributed by atoms with van der Waals surface area (Å²) in [6.07, 6.45) is 0. The lowest BCUT2D eigenvalue weighted by molar-refractivity contribution is 0.0686. The molecule has 4 nitrogen and oxygen atoms in total. The van der Waals surface area contributed by atoms with E-state index in [0.717, 1.165) is 22.2 Å². The van der Waals surface area contributed by atoms with Crippen LogP contribution in [0.1, 0.15) is 46.9 Å². The average Bonchev–Trinajstić information content (AvgIpc) is 3.14. The van der Waals surface area contributed by atoms with Crippen molar-refractivity contribution < 1.29 is 9.90 Å². The molecule has 0 fully saturated rings. The van der Waals surface area contributed by atoms with Crippen LogP contribution in [0.15, 0.2) is 66.7 Å². The number of rotatable bonds is 7. The molecule has 1 heterocycles. The van der Waals surface area contributed by atoms with Crippen LogP contribution in [-0.2, 0) is 13.1 Å². The highest BCUT2D eigenvalue weighted by atomic mass is 35.5. The van der Waals surface area contributed by atoms with Crippen molar-refractivity contribution in [2.75, 3.05) is 5.32 Å². The highest BCUT2D eigenvalue weighted by molar-refractivity contribution is 6.36. The first-order chi connectivity index (χ1) is 15.3. The molecule has 3 aromatic carbocycles. The minimum absolute atomic E-state index is 0.178. The number of hydrogen-bond donors (Lipinski definition) is 2. The van der Waals surface area contributed by atoms with Crippen LogP contribution in [0.25, 0.3) is 10.9 Å². The van der Waals surface area contributed by atoms with Crippen molar-refractivity contribution >= 4 is 45.8 Å². The number of aromatic carboxylic acids is 1. The van der Waals surface area contributed by atoms with E-state index in [9.17, 15) is 9.90 Å². The maximum absolute atomic E-state index is 12.0. The van der Waals surface area contributed by atoms with E-state index in [1.807, 2.05) is 24.3 Å². The zero-order chi connectivity index (χ0) is 22.8.